The van der Waals surface area contributed by atoms with Gasteiger partial charge in [-0.1, -0.05) is 34.4 Å². The van der Waals surface area contributed by atoms with Crippen molar-refractivity contribution in [2.24, 2.45) is 5.92 Å². The Morgan fingerprint density at radius 1 is 1.00 bits per heavy atom. The number of piperidine rings is 1. The van der Waals surface area contributed by atoms with Crippen molar-refractivity contribution < 1.29 is 23.6 Å². The molecule has 1 aromatic heterocycles. The van der Waals surface area contributed by atoms with Crippen LogP contribution in [0.1, 0.15) is 78.8 Å². The van der Waals surface area contributed by atoms with E-state index in [-0.39, 0.29) is 30.0 Å². The molecule has 0 N–H and O–H groups in total. The van der Waals surface area contributed by atoms with Gasteiger partial charge in [-0.15, -0.1) is 0 Å². The number of carbonyl (C=O) groups is 2. The summed E-state index contributed by atoms with van der Waals surface area (Å²) in [5.41, 5.74) is 2.20. The predicted molar refractivity (Wildman–Crippen MR) is 149 cm³/mol. The Labute approximate surface area is 237 Å². The van der Waals surface area contributed by atoms with Crippen LogP contribution < -0.4 is 4.90 Å². The zero-order valence-electron chi connectivity index (χ0n) is 22.1. The summed E-state index contributed by atoms with van der Waals surface area (Å²) >= 11 is 12.9. The number of anilines is 1. The largest absolute Gasteiger partial charge is 0.458 e. The minimum atomic E-state index is -0.539. The average Bonchev–Trinajstić information content (AvgIpc) is 3.32. The maximum Gasteiger partial charge on any atom is 0.344 e. The fourth-order valence-corrected chi connectivity index (χ4v) is 6.28. The fourth-order valence-electron chi connectivity index (χ4n) is 5.71. The van der Waals surface area contributed by atoms with Crippen LogP contribution in [0.2, 0.25) is 10.0 Å². The molecule has 1 aliphatic heterocycles. The van der Waals surface area contributed by atoms with Crippen LogP contribution in [-0.4, -0.2) is 41.4 Å². The second-order valence-corrected chi connectivity index (χ2v) is 12.5. The van der Waals surface area contributed by atoms with Gasteiger partial charge in [-0.3, -0.25) is 0 Å². The highest BCUT2D eigenvalue weighted by Gasteiger charge is 2.47. The molecule has 3 fully saturated rings. The number of hydrogen-bond acceptors (Lipinski definition) is 7. The van der Waals surface area contributed by atoms with E-state index < -0.39 is 11.6 Å². The van der Waals surface area contributed by atoms with Gasteiger partial charge in [0.2, 0.25) is 0 Å². The van der Waals surface area contributed by atoms with E-state index in [1.54, 1.807) is 30.3 Å². The molecule has 6 rings (SSSR count). The van der Waals surface area contributed by atoms with Crippen LogP contribution in [0.4, 0.5) is 5.69 Å². The Hall–Kier alpha value is -3.03. The SMILES string of the molecule is CC(C)(C)OC(=O)c1ccc(N2CC3CC2CC3OC(=O)c2c(-c3c(Cl)cccc3Cl)noc2C2CC2)cc1. The zero-order valence-corrected chi connectivity index (χ0v) is 23.6. The smallest absolute Gasteiger partial charge is 0.344 e. The van der Waals surface area contributed by atoms with Gasteiger partial charge in [0, 0.05) is 42.1 Å². The zero-order chi connectivity index (χ0) is 27.5. The number of nitrogens with zero attached hydrogens (tertiary/aromatic N) is 2. The molecule has 2 saturated carbocycles. The van der Waals surface area contributed by atoms with E-state index in [1.165, 1.54) is 0 Å². The van der Waals surface area contributed by atoms with E-state index in [0.29, 0.717) is 38.2 Å². The molecule has 2 aliphatic carbocycles. The number of fused-ring (bicyclic) bond motifs is 2. The first-order valence-corrected chi connectivity index (χ1v) is 14.1. The molecule has 3 unspecified atom stereocenters. The topological polar surface area (TPSA) is 81.9 Å². The maximum atomic E-state index is 13.6. The second kappa shape index (κ2) is 9.86. The van der Waals surface area contributed by atoms with Crippen LogP contribution in [-0.2, 0) is 9.47 Å². The van der Waals surface area contributed by atoms with E-state index >= 15 is 0 Å². The predicted octanol–water partition coefficient (Wildman–Crippen LogP) is 7.31. The number of halogens is 2. The molecule has 9 heteroatoms. The van der Waals surface area contributed by atoms with Crippen LogP contribution >= 0.6 is 23.2 Å². The molecular formula is C30H30Cl2N2O5. The summed E-state index contributed by atoms with van der Waals surface area (Å²) in [6, 6.07) is 13.0. The van der Waals surface area contributed by atoms with E-state index in [4.69, 9.17) is 37.2 Å². The summed E-state index contributed by atoms with van der Waals surface area (Å²) in [6.45, 7) is 6.33. The molecule has 0 spiro atoms. The van der Waals surface area contributed by atoms with Crippen molar-refractivity contribution in [3.8, 4) is 11.3 Å². The molecule has 3 aliphatic rings. The summed E-state index contributed by atoms with van der Waals surface area (Å²) in [5, 5.41) is 5.02. The third kappa shape index (κ3) is 5.14. The Bertz CT molecular complexity index is 1400. The molecule has 3 atom stereocenters. The summed E-state index contributed by atoms with van der Waals surface area (Å²) < 4.78 is 17.2. The van der Waals surface area contributed by atoms with Crippen molar-refractivity contribution in [1.82, 2.24) is 5.16 Å². The van der Waals surface area contributed by atoms with Crippen molar-refractivity contribution >= 4 is 40.8 Å². The molecule has 0 radical (unpaired) electrons. The fraction of sp³-hybridized carbons (Fsp3) is 0.433. The highest BCUT2D eigenvalue weighted by atomic mass is 35.5. The molecule has 0 amide bonds. The number of hydrogen-bond donors (Lipinski definition) is 0. The maximum absolute atomic E-state index is 13.6. The van der Waals surface area contributed by atoms with Crippen LogP contribution in [0.5, 0.6) is 0 Å². The minimum absolute atomic E-state index is 0.161. The van der Waals surface area contributed by atoms with Crippen molar-refractivity contribution in [3.63, 3.8) is 0 Å². The van der Waals surface area contributed by atoms with Gasteiger partial charge in [0.15, 0.2) is 5.76 Å². The molecular weight excluding hydrogens is 539 g/mol. The first kappa shape index (κ1) is 26.2. The second-order valence-electron chi connectivity index (χ2n) is 11.7. The third-order valence-electron chi connectivity index (χ3n) is 7.64. The van der Waals surface area contributed by atoms with Crippen LogP contribution in [0.3, 0.4) is 0 Å². The Morgan fingerprint density at radius 2 is 1.69 bits per heavy atom. The Balaban J connectivity index is 1.16. The van der Waals surface area contributed by atoms with Crippen molar-refractivity contribution in [1.29, 1.82) is 0 Å². The summed E-state index contributed by atoms with van der Waals surface area (Å²) in [5.74, 6) is 0.159. The third-order valence-corrected chi connectivity index (χ3v) is 8.27. The van der Waals surface area contributed by atoms with Gasteiger partial charge in [-0.25, -0.2) is 9.59 Å². The quantitative estimate of drug-likeness (QED) is 0.288. The molecule has 1 saturated heterocycles. The van der Waals surface area contributed by atoms with Gasteiger partial charge in [0.05, 0.1) is 15.6 Å². The van der Waals surface area contributed by atoms with Crippen LogP contribution in [0.25, 0.3) is 11.3 Å². The molecule has 3 aromatic rings. The number of carbonyl (C=O) groups excluding carboxylic acids is 2. The lowest BCUT2D eigenvalue weighted by molar-refractivity contribution is 0.00688. The lowest BCUT2D eigenvalue weighted by atomic mass is 10.0. The molecule has 7 nitrogen and oxygen atoms in total. The number of benzene rings is 2. The highest BCUT2D eigenvalue weighted by molar-refractivity contribution is 6.39. The Kier molecular flexibility index (Phi) is 6.63. The lowest BCUT2D eigenvalue weighted by Gasteiger charge is -2.33. The number of ether oxygens (including phenoxy) is 2. The number of rotatable bonds is 6. The van der Waals surface area contributed by atoms with Gasteiger partial charge >= 0.3 is 11.9 Å². The Morgan fingerprint density at radius 3 is 2.28 bits per heavy atom. The summed E-state index contributed by atoms with van der Waals surface area (Å²) in [7, 11) is 0. The standard InChI is InChI=1S/C30H30Cl2N2O5/c1-30(2,3)38-28(35)17-9-11-19(12-10-17)34-15-18-13-20(34)14-23(18)37-29(36)25-26(33-39-27(25)16-7-8-16)24-21(31)5-4-6-22(24)32/h4-6,9-12,16,18,20,23H,7-8,13-15H2,1-3H3. The molecule has 2 heterocycles. The van der Waals surface area contributed by atoms with Crippen molar-refractivity contribution in [3.05, 3.63) is 69.4 Å². The summed E-state index contributed by atoms with van der Waals surface area (Å²) in [4.78, 5) is 28.3. The van der Waals surface area contributed by atoms with E-state index in [2.05, 4.69) is 10.1 Å². The number of esters is 2. The van der Waals surface area contributed by atoms with Crippen molar-refractivity contribution in [2.75, 3.05) is 11.4 Å². The van der Waals surface area contributed by atoms with E-state index in [0.717, 1.165) is 37.9 Å². The first-order valence-electron chi connectivity index (χ1n) is 13.3. The number of aromatic nitrogens is 1. The first-order chi connectivity index (χ1) is 18.6. The van der Waals surface area contributed by atoms with Crippen molar-refractivity contribution in [2.45, 2.75) is 70.1 Å². The average molecular weight is 569 g/mol. The van der Waals surface area contributed by atoms with Gasteiger partial charge in [0.25, 0.3) is 0 Å². The van der Waals surface area contributed by atoms with Gasteiger partial charge in [-0.2, -0.15) is 0 Å². The van der Waals surface area contributed by atoms with Crippen LogP contribution in [0.15, 0.2) is 47.0 Å². The van der Waals surface area contributed by atoms with E-state index in [1.807, 2.05) is 32.9 Å². The molecule has 39 heavy (non-hydrogen) atoms. The highest BCUT2D eigenvalue weighted by Crippen LogP contribution is 2.47. The summed E-state index contributed by atoms with van der Waals surface area (Å²) in [6.07, 6.45) is 3.36. The van der Waals surface area contributed by atoms with Gasteiger partial charge in [0.1, 0.15) is 23.0 Å². The minimum Gasteiger partial charge on any atom is -0.458 e. The lowest BCUT2D eigenvalue weighted by Crippen LogP contribution is -2.39. The molecule has 2 aromatic carbocycles. The molecule has 204 valence electrons. The van der Waals surface area contributed by atoms with Gasteiger partial charge < -0.3 is 18.9 Å². The van der Waals surface area contributed by atoms with E-state index in [9.17, 15) is 9.59 Å². The monoisotopic (exact) mass is 568 g/mol. The molecule has 2 bridgehead atoms. The normalized spacial score (nSPS) is 22.3. The van der Waals surface area contributed by atoms with Gasteiger partial charge in [-0.05, 0) is 76.4 Å². The van der Waals surface area contributed by atoms with Crippen LogP contribution in [0, 0.1) is 5.92 Å².